The van der Waals surface area contributed by atoms with E-state index in [1.165, 1.54) is 6.33 Å². The Balaban J connectivity index is 0.000000199. The average molecular weight is 249 g/mol. The molecule has 9 heteroatoms. The summed E-state index contributed by atoms with van der Waals surface area (Å²) >= 11 is 0. The Morgan fingerprint density at radius 2 is 1.67 bits per heavy atom. The molecule has 18 heavy (non-hydrogen) atoms. The summed E-state index contributed by atoms with van der Waals surface area (Å²) in [4.78, 5) is 24.9. The molecule has 9 nitrogen and oxygen atoms in total. The highest BCUT2D eigenvalue weighted by molar-refractivity contribution is 5.77. The van der Waals surface area contributed by atoms with Crippen LogP contribution in [0.3, 0.4) is 0 Å². The molecule has 2 amide bonds. The van der Waals surface area contributed by atoms with Crippen molar-refractivity contribution < 1.29 is 4.79 Å². The van der Waals surface area contributed by atoms with Crippen LogP contribution < -0.4 is 33.4 Å². The van der Waals surface area contributed by atoms with Gasteiger partial charge < -0.3 is 16.4 Å². The normalized spacial score (nSPS) is 16.3. The Bertz CT molecular complexity index is 512. The SMILES string of the molecule is C1CNCCN1.Nc1ncnc2c1=NC(=O)N=2.[N]. The first kappa shape index (κ1) is 14.1. The molecule has 1 fully saturated rings. The third-order valence-corrected chi connectivity index (χ3v) is 2.20. The lowest BCUT2D eigenvalue weighted by molar-refractivity contribution is 0.256. The van der Waals surface area contributed by atoms with E-state index in [1.807, 2.05) is 0 Å². The molecular formula is C9H13N8O. The van der Waals surface area contributed by atoms with Crippen LogP contribution in [0.4, 0.5) is 10.6 Å². The van der Waals surface area contributed by atoms with Gasteiger partial charge in [-0.1, -0.05) is 0 Å². The molecule has 0 aliphatic carbocycles. The second-order valence-electron chi connectivity index (χ2n) is 3.44. The minimum atomic E-state index is -0.577. The molecule has 1 saturated heterocycles. The van der Waals surface area contributed by atoms with Gasteiger partial charge in [0, 0.05) is 32.3 Å². The van der Waals surface area contributed by atoms with Crippen LogP contribution in [0.2, 0.25) is 0 Å². The summed E-state index contributed by atoms with van der Waals surface area (Å²) in [5.41, 5.74) is 5.63. The zero-order valence-electron chi connectivity index (χ0n) is 9.63. The quantitative estimate of drug-likeness (QED) is 0.450. The molecule has 0 atom stereocenters. The van der Waals surface area contributed by atoms with E-state index in [4.69, 9.17) is 5.73 Å². The van der Waals surface area contributed by atoms with Crippen molar-refractivity contribution >= 4 is 11.8 Å². The van der Waals surface area contributed by atoms with Gasteiger partial charge in [-0.05, 0) is 0 Å². The minimum Gasteiger partial charge on any atom is -0.382 e. The fourth-order valence-electron chi connectivity index (χ4n) is 1.39. The highest BCUT2D eigenvalue weighted by Crippen LogP contribution is 1.85. The molecular weight excluding hydrogens is 236 g/mol. The molecule has 2 aliphatic heterocycles. The van der Waals surface area contributed by atoms with Gasteiger partial charge in [0.15, 0.2) is 16.7 Å². The van der Waals surface area contributed by atoms with Crippen LogP contribution in [0.25, 0.3) is 0 Å². The van der Waals surface area contributed by atoms with Gasteiger partial charge in [0.2, 0.25) is 0 Å². The molecule has 3 heterocycles. The second kappa shape index (κ2) is 6.69. The van der Waals surface area contributed by atoms with Crippen molar-refractivity contribution in [3.63, 3.8) is 0 Å². The highest BCUT2D eigenvalue weighted by atomic mass is 16.2. The number of nitrogen functional groups attached to an aromatic ring is 1. The lowest BCUT2D eigenvalue weighted by Crippen LogP contribution is -2.39. The van der Waals surface area contributed by atoms with Gasteiger partial charge in [-0.25, -0.2) is 14.8 Å². The van der Waals surface area contributed by atoms with E-state index in [9.17, 15) is 4.79 Å². The molecule has 4 N–H and O–H groups in total. The zero-order valence-corrected chi connectivity index (χ0v) is 9.63. The van der Waals surface area contributed by atoms with Crippen LogP contribution in [-0.4, -0.2) is 42.2 Å². The van der Waals surface area contributed by atoms with Crippen molar-refractivity contribution in [3.05, 3.63) is 17.2 Å². The van der Waals surface area contributed by atoms with Gasteiger partial charge in [0.05, 0.1) is 0 Å². The van der Waals surface area contributed by atoms with E-state index in [0.29, 0.717) is 0 Å². The van der Waals surface area contributed by atoms with Gasteiger partial charge in [-0.2, -0.15) is 9.98 Å². The maximum absolute atomic E-state index is 10.6. The monoisotopic (exact) mass is 249 g/mol. The number of urea groups is 1. The molecule has 0 saturated carbocycles. The van der Waals surface area contributed by atoms with Crippen molar-refractivity contribution in [1.82, 2.24) is 26.8 Å². The number of nitrogens with one attached hydrogen (secondary N) is 2. The summed E-state index contributed by atoms with van der Waals surface area (Å²) in [6, 6.07) is -0.577. The Morgan fingerprint density at radius 3 is 2.17 bits per heavy atom. The molecule has 3 radical (unpaired) electrons. The number of nitrogens with zero attached hydrogens (tertiary/aromatic N) is 5. The largest absolute Gasteiger partial charge is 0.382 e. The predicted octanol–water partition coefficient (Wildman–Crippen LogP) is -2.87. The lowest BCUT2D eigenvalue weighted by Gasteiger charge is -2.11. The maximum atomic E-state index is 10.6. The number of fused-ring (bicyclic) bond motifs is 1. The van der Waals surface area contributed by atoms with E-state index < -0.39 is 6.03 Å². The molecule has 0 spiro atoms. The first-order valence-electron chi connectivity index (χ1n) is 5.27. The molecule has 3 rings (SSSR count). The lowest BCUT2D eigenvalue weighted by atomic mass is 10.4. The third-order valence-electron chi connectivity index (χ3n) is 2.20. The molecule has 1 aromatic heterocycles. The standard InChI is InChI=1S/C5H3N5O.C4H10N2.N/c6-3-2-4(8-1-7-3)10-5(11)9-2;1-2-6-4-3-5-1;/h1H,(H2,6,7,8,10,11);5-6H,1-4H2;. The van der Waals surface area contributed by atoms with E-state index in [0.717, 1.165) is 26.2 Å². The number of amides is 2. The highest BCUT2D eigenvalue weighted by Gasteiger charge is 2.07. The fourth-order valence-corrected chi connectivity index (χ4v) is 1.39. The maximum Gasteiger partial charge on any atom is 0.369 e. The van der Waals surface area contributed by atoms with Gasteiger partial charge in [-0.3, -0.25) is 0 Å². The molecule has 1 aromatic rings. The number of hydrogen-bond donors (Lipinski definition) is 3. The zero-order chi connectivity index (χ0) is 12.1. The van der Waals surface area contributed by atoms with Gasteiger partial charge in [0.1, 0.15) is 6.33 Å². The number of piperazine rings is 1. The van der Waals surface area contributed by atoms with Gasteiger partial charge in [0.25, 0.3) is 0 Å². The summed E-state index contributed by atoms with van der Waals surface area (Å²) < 4.78 is 0. The third kappa shape index (κ3) is 3.52. The number of carbonyl (C=O) groups is 1. The van der Waals surface area contributed by atoms with E-state index >= 15 is 0 Å². The summed E-state index contributed by atoms with van der Waals surface area (Å²) in [6.45, 7) is 4.56. The minimum absolute atomic E-state index is 0. The Kier molecular flexibility index (Phi) is 5.24. The first-order valence-corrected chi connectivity index (χ1v) is 5.27. The molecule has 0 aromatic carbocycles. The summed E-state index contributed by atoms with van der Waals surface area (Å²) in [5, 5.41) is 6.72. The van der Waals surface area contributed by atoms with Crippen molar-refractivity contribution in [3.8, 4) is 0 Å². The molecule has 0 unspecified atom stereocenters. The van der Waals surface area contributed by atoms with Crippen LogP contribution in [0.15, 0.2) is 16.3 Å². The molecule has 95 valence electrons. The second-order valence-corrected chi connectivity index (χ2v) is 3.44. The van der Waals surface area contributed by atoms with Crippen LogP contribution in [0.5, 0.6) is 0 Å². The van der Waals surface area contributed by atoms with E-state index in [1.54, 1.807) is 0 Å². The number of nitrogens with two attached hydrogens (primary N) is 1. The number of anilines is 1. The number of aromatic nitrogens is 2. The number of carbonyl (C=O) groups excluding carboxylic acids is 1. The number of hydrogen-bond acceptors (Lipinski definition) is 6. The van der Waals surface area contributed by atoms with Gasteiger partial charge >= 0.3 is 6.03 Å². The predicted molar refractivity (Wildman–Crippen MR) is 62.0 cm³/mol. The van der Waals surface area contributed by atoms with Crippen LogP contribution >= 0.6 is 0 Å². The topological polar surface area (TPSA) is 148 Å². The van der Waals surface area contributed by atoms with Crippen molar-refractivity contribution in [2.75, 3.05) is 31.9 Å². The van der Waals surface area contributed by atoms with E-state index in [2.05, 4.69) is 30.6 Å². The van der Waals surface area contributed by atoms with Crippen LogP contribution in [-0.2, 0) is 0 Å². The summed E-state index contributed by atoms with van der Waals surface area (Å²) in [6.07, 6.45) is 1.24. The fraction of sp³-hybridized carbons (Fsp3) is 0.444. The summed E-state index contributed by atoms with van der Waals surface area (Å²) in [5.74, 6) is 0.185. The average Bonchev–Trinajstić information content (AvgIpc) is 2.74. The van der Waals surface area contributed by atoms with Gasteiger partial charge in [-0.15, -0.1) is 0 Å². The van der Waals surface area contributed by atoms with Crippen molar-refractivity contribution in [2.24, 2.45) is 9.98 Å². The van der Waals surface area contributed by atoms with Crippen molar-refractivity contribution in [1.29, 1.82) is 0 Å². The van der Waals surface area contributed by atoms with Crippen molar-refractivity contribution in [2.45, 2.75) is 0 Å². The van der Waals surface area contributed by atoms with Crippen LogP contribution in [0, 0.1) is 0 Å². The Morgan fingerprint density at radius 1 is 1.06 bits per heavy atom. The smallest absolute Gasteiger partial charge is 0.369 e. The first-order chi connectivity index (χ1) is 8.27. The molecule has 2 aliphatic rings. The van der Waals surface area contributed by atoms with Crippen LogP contribution in [0.1, 0.15) is 0 Å². The Hall–Kier alpha value is -1.97. The van der Waals surface area contributed by atoms with E-state index in [-0.39, 0.29) is 22.8 Å². The molecule has 0 bridgehead atoms. The number of rotatable bonds is 0. The summed E-state index contributed by atoms with van der Waals surface area (Å²) in [7, 11) is 0. The Labute approximate surface area is 103 Å².